The van der Waals surface area contributed by atoms with Gasteiger partial charge >= 0.3 is 0 Å². The molecule has 0 unspecified atom stereocenters. The van der Waals surface area contributed by atoms with Crippen LogP contribution in [0.2, 0.25) is 0 Å². The van der Waals surface area contributed by atoms with Crippen molar-refractivity contribution in [1.29, 1.82) is 0 Å². The fourth-order valence-corrected chi connectivity index (χ4v) is 2.89. The molecular formula is C26H29N3O2. The second kappa shape index (κ2) is 10.6. The van der Waals surface area contributed by atoms with Crippen LogP contribution in [0.25, 0.3) is 11.3 Å². The first-order chi connectivity index (χ1) is 14.9. The van der Waals surface area contributed by atoms with Gasteiger partial charge in [0.25, 0.3) is 0 Å². The fourth-order valence-electron chi connectivity index (χ4n) is 2.89. The molecule has 31 heavy (non-hydrogen) atoms. The number of rotatable bonds is 8. The maximum atomic E-state index is 5.99. The average molecular weight is 416 g/mol. The van der Waals surface area contributed by atoms with E-state index in [1.807, 2.05) is 24.3 Å². The summed E-state index contributed by atoms with van der Waals surface area (Å²) in [6.07, 6.45) is 10.7. The number of pyridine rings is 1. The van der Waals surface area contributed by atoms with Crippen LogP contribution in [0.1, 0.15) is 31.9 Å². The minimum absolute atomic E-state index is 0.0318. The third-order valence-electron chi connectivity index (χ3n) is 4.33. The first-order valence-corrected chi connectivity index (χ1v) is 10.3. The van der Waals surface area contributed by atoms with Crippen LogP contribution in [0.15, 0.2) is 71.9 Å². The normalized spacial score (nSPS) is 11.5. The monoisotopic (exact) mass is 415 g/mol. The predicted molar refractivity (Wildman–Crippen MR) is 123 cm³/mol. The number of hydrogen-bond donors (Lipinski definition) is 0. The third-order valence-corrected chi connectivity index (χ3v) is 4.33. The minimum Gasteiger partial charge on any atom is -0.489 e. The van der Waals surface area contributed by atoms with Crippen LogP contribution >= 0.6 is 0 Å². The molecule has 0 bridgehead atoms. The summed E-state index contributed by atoms with van der Waals surface area (Å²) in [6, 6.07) is 10.2. The van der Waals surface area contributed by atoms with E-state index in [1.54, 1.807) is 18.6 Å². The van der Waals surface area contributed by atoms with Crippen LogP contribution in [0.3, 0.4) is 0 Å². The van der Waals surface area contributed by atoms with Gasteiger partial charge in [-0.15, -0.1) is 0 Å². The Morgan fingerprint density at radius 3 is 2.74 bits per heavy atom. The van der Waals surface area contributed by atoms with Crippen molar-refractivity contribution in [2.24, 2.45) is 5.41 Å². The molecule has 0 aliphatic rings. The van der Waals surface area contributed by atoms with Crippen molar-refractivity contribution in [1.82, 2.24) is 14.9 Å². The van der Waals surface area contributed by atoms with E-state index in [2.05, 4.69) is 72.7 Å². The molecule has 0 fully saturated rings. The van der Waals surface area contributed by atoms with Crippen LogP contribution in [0.4, 0.5) is 0 Å². The first-order valence-electron chi connectivity index (χ1n) is 10.3. The maximum Gasteiger partial charge on any atom is 0.181 e. The van der Waals surface area contributed by atoms with E-state index >= 15 is 0 Å². The highest BCUT2D eigenvalue weighted by Gasteiger charge is 2.05. The second-order valence-electron chi connectivity index (χ2n) is 8.50. The van der Waals surface area contributed by atoms with Crippen molar-refractivity contribution in [2.45, 2.75) is 33.9 Å². The Morgan fingerprint density at radius 2 is 1.97 bits per heavy atom. The maximum absolute atomic E-state index is 5.99. The summed E-state index contributed by atoms with van der Waals surface area (Å²) in [6.45, 7) is 8.43. The Hall–Kier alpha value is -3.36. The van der Waals surface area contributed by atoms with Gasteiger partial charge in [0.05, 0.1) is 6.20 Å². The van der Waals surface area contributed by atoms with Crippen molar-refractivity contribution in [3.05, 3.63) is 78.6 Å². The number of oxazole rings is 1. The number of nitrogens with zero attached hydrogens (tertiary/aromatic N) is 3. The molecule has 0 aliphatic carbocycles. The lowest BCUT2D eigenvalue weighted by Gasteiger charge is -2.15. The molecule has 0 radical (unpaired) electrons. The molecule has 0 N–H and O–H groups in total. The zero-order valence-corrected chi connectivity index (χ0v) is 18.6. The molecule has 0 atom stereocenters. The largest absolute Gasteiger partial charge is 0.489 e. The number of allylic oxidation sites excluding steroid dienone is 1. The Morgan fingerprint density at radius 1 is 1.10 bits per heavy atom. The summed E-state index contributed by atoms with van der Waals surface area (Å²) in [5.74, 6) is 7.84. The standard InChI is InChI=1S/C26H29N3O2/c1-26(2,3)11-6-5-7-12-29(4)18-21-9-8-10-24(14-21)30-19-22-13-23(16-27-15-22)25-17-28-20-31-25/h5,7-10,13-17,20H,12,18-19H2,1-4H3. The molecule has 0 saturated carbocycles. The molecule has 0 amide bonds. The second-order valence-corrected chi connectivity index (χ2v) is 8.50. The molecule has 3 aromatic rings. The lowest BCUT2D eigenvalue weighted by Crippen LogP contribution is -2.17. The van der Waals surface area contributed by atoms with Crippen LogP contribution in [0.5, 0.6) is 5.75 Å². The number of benzene rings is 1. The molecule has 160 valence electrons. The Kier molecular flexibility index (Phi) is 7.64. The van der Waals surface area contributed by atoms with Gasteiger partial charge in [0.1, 0.15) is 12.4 Å². The van der Waals surface area contributed by atoms with Gasteiger partial charge < -0.3 is 9.15 Å². The highest BCUT2D eigenvalue weighted by molar-refractivity contribution is 5.55. The summed E-state index contributed by atoms with van der Waals surface area (Å²) in [5.41, 5.74) is 3.08. The lowest BCUT2D eigenvalue weighted by atomic mass is 9.98. The summed E-state index contributed by atoms with van der Waals surface area (Å²) < 4.78 is 11.3. The molecule has 0 spiro atoms. The van der Waals surface area contributed by atoms with Gasteiger partial charge in [0.2, 0.25) is 0 Å². The van der Waals surface area contributed by atoms with Gasteiger partial charge in [-0.3, -0.25) is 9.88 Å². The van der Waals surface area contributed by atoms with E-state index in [0.717, 1.165) is 30.0 Å². The van der Waals surface area contributed by atoms with E-state index in [1.165, 1.54) is 12.0 Å². The topological polar surface area (TPSA) is 51.4 Å². The molecule has 3 rings (SSSR count). The molecule has 5 nitrogen and oxygen atoms in total. The highest BCUT2D eigenvalue weighted by Crippen LogP contribution is 2.20. The zero-order valence-electron chi connectivity index (χ0n) is 18.6. The molecule has 5 heteroatoms. The highest BCUT2D eigenvalue weighted by atomic mass is 16.5. The van der Waals surface area contributed by atoms with Gasteiger partial charge in [-0.2, -0.15) is 0 Å². The van der Waals surface area contributed by atoms with E-state index in [4.69, 9.17) is 9.15 Å². The number of hydrogen-bond acceptors (Lipinski definition) is 5. The van der Waals surface area contributed by atoms with Gasteiger partial charge in [-0.1, -0.05) is 30.0 Å². The summed E-state index contributed by atoms with van der Waals surface area (Å²) in [4.78, 5) is 10.5. The zero-order chi connectivity index (χ0) is 22.1. The molecule has 1 aromatic carbocycles. The van der Waals surface area contributed by atoms with Crippen LogP contribution < -0.4 is 4.74 Å². The smallest absolute Gasteiger partial charge is 0.181 e. The molecule has 2 aromatic heterocycles. The van der Waals surface area contributed by atoms with Crippen molar-refractivity contribution < 1.29 is 9.15 Å². The van der Waals surface area contributed by atoms with Gasteiger partial charge in [0, 0.05) is 42.0 Å². The molecule has 2 heterocycles. The van der Waals surface area contributed by atoms with E-state index in [0.29, 0.717) is 12.4 Å². The fraction of sp³-hybridized carbons (Fsp3) is 0.308. The van der Waals surface area contributed by atoms with Crippen molar-refractivity contribution in [3.63, 3.8) is 0 Å². The van der Waals surface area contributed by atoms with Crippen LogP contribution in [-0.2, 0) is 13.2 Å². The quantitative estimate of drug-likeness (QED) is 0.464. The van der Waals surface area contributed by atoms with Gasteiger partial charge in [-0.25, -0.2) is 4.98 Å². The van der Waals surface area contributed by atoms with Crippen molar-refractivity contribution in [2.75, 3.05) is 13.6 Å². The molecule has 0 saturated heterocycles. The number of aromatic nitrogens is 2. The van der Waals surface area contributed by atoms with Crippen molar-refractivity contribution in [3.8, 4) is 28.9 Å². The van der Waals surface area contributed by atoms with Crippen LogP contribution in [-0.4, -0.2) is 28.5 Å². The summed E-state index contributed by atoms with van der Waals surface area (Å²) in [7, 11) is 2.09. The van der Waals surface area contributed by atoms with E-state index in [-0.39, 0.29) is 5.41 Å². The van der Waals surface area contributed by atoms with Crippen molar-refractivity contribution >= 4 is 0 Å². The Bertz CT molecular complexity index is 1050. The number of ether oxygens (including phenoxy) is 1. The summed E-state index contributed by atoms with van der Waals surface area (Å²) >= 11 is 0. The lowest BCUT2D eigenvalue weighted by molar-refractivity contribution is 0.304. The summed E-state index contributed by atoms with van der Waals surface area (Å²) in [5, 5.41) is 0. The van der Waals surface area contributed by atoms with Gasteiger partial charge in [-0.05, 0) is 57.7 Å². The van der Waals surface area contributed by atoms with Gasteiger partial charge in [0.15, 0.2) is 12.2 Å². The first kappa shape index (κ1) is 22.3. The van der Waals surface area contributed by atoms with E-state index < -0.39 is 0 Å². The minimum atomic E-state index is 0.0318. The van der Waals surface area contributed by atoms with Crippen LogP contribution in [0, 0.1) is 17.3 Å². The Labute approximate surface area is 184 Å². The number of likely N-dealkylation sites (N-methyl/N-ethyl adjacent to an activating group) is 1. The predicted octanol–water partition coefficient (Wildman–Crippen LogP) is 5.35. The molecular weight excluding hydrogens is 386 g/mol. The SMILES string of the molecule is CN(CC=CC#CC(C)(C)C)Cc1cccc(OCc2cncc(-c3cnco3)c2)c1. The van der Waals surface area contributed by atoms with E-state index in [9.17, 15) is 0 Å². The molecule has 0 aliphatic heterocycles. The average Bonchev–Trinajstić information content (AvgIpc) is 3.27. The Balaban J connectivity index is 1.53. The third kappa shape index (κ3) is 7.76.